The largest absolute Gasteiger partial charge is 0.370 e. The second kappa shape index (κ2) is 14.9. The standard InChI is InChI=1S/C41H48N12O4/c1-25-32-24-43-40(46-37(32)53(28-6-4-5-7-28)39(56)36(25)26(2)54)44-34-11-9-30(23-42-34)49-15-12-27(13-16-49)50-18-20-51(21-19-50)29-8-10-31-33(22-29)48(3)47-38(31)52-17-14-35(55)45-41(52)57/h8-11,22-24,27-28H,4-7,12-21H2,1-3H3,(H,45,55,57)(H,42,43,44,46). The van der Waals surface area contributed by atoms with Gasteiger partial charge in [-0.2, -0.15) is 10.1 Å². The third kappa shape index (κ3) is 6.85. The van der Waals surface area contributed by atoms with Crippen LogP contribution in [0.4, 0.5) is 33.8 Å². The highest BCUT2D eigenvalue weighted by Gasteiger charge is 2.31. The van der Waals surface area contributed by atoms with Gasteiger partial charge >= 0.3 is 6.03 Å². The van der Waals surface area contributed by atoms with Crippen LogP contribution in [0.3, 0.4) is 0 Å². The van der Waals surface area contributed by atoms with Gasteiger partial charge < -0.3 is 15.1 Å². The summed E-state index contributed by atoms with van der Waals surface area (Å²) in [4.78, 5) is 73.3. The highest BCUT2D eigenvalue weighted by atomic mass is 16.2. The van der Waals surface area contributed by atoms with Crippen molar-refractivity contribution in [3.63, 3.8) is 0 Å². The van der Waals surface area contributed by atoms with Crippen molar-refractivity contribution in [2.45, 2.75) is 70.9 Å². The number of aromatic nitrogens is 6. The van der Waals surface area contributed by atoms with Crippen LogP contribution in [-0.2, 0) is 11.8 Å². The molecule has 1 aromatic carbocycles. The highest BCUT2D eigenvalue weighted by Crippen LogP contribution is 2.34. The number of fused-ring (bicyclic) bond motifs is 2. The van der Waals surface area contributed by atoms with E-state index in [1.54, 1.807) is 22.6 Å². The van der Waals surface area contributed by atoms with E-state index in [9.17, 15) is 19.2 Å². The molecule has 3 saturated heterocycles. The molecule has 16 nitrogen and oxygen atoms in total. The summed E-state index contributed by atoms with van der Waals surface area (Å²) in [6.07, 6.45) is 9.90. The number of piperazine rings is 1. The number of nitrogens with zero attached hydrogens (tertiary/aromatic N) is 10. The normalized spacial score (nSPS) is 18.9. The molecule has 3 aliphatic heterocycles. The van der Waals surface area contributed by atoms with Gasteiger partial charge in [0.25, 0.3) is 5.56 Å². The van der Waals surface area contributed by atoms with E-state index in [0.717, 1.165) is 105 Å². The van der Waals surface area contributed by atoms with Gasteiger partial charge in [0, 0.05) is 94.0 Å². The van der Waals surface area contributed by atoms with E-state index in [4.69, 9.17) is 9.97 Å². The first kappa shape index (κ1) is 36.7. The van der Waals surface area contributed by atoms with Crippen LogP contribution in [0.1, 0.15) is 73.8 Å². The van der Waals surface area contributed by atoms with Crippen molar-refractivity contribution in [2.75, 3.05) is 65.8 Å². The molecular weight excluding hydrogens is 725 g/mol. The zero-order valence-electron chi connectivity index (χ0n) is 32.7. The van der Waals surface area contributed by atoms with Crippen molar-refractivity contribution in [1.29, 1.82) is 0 Å². The minimum atomic E-state index is -0.427. The minimum Gasteiger partial charge on any atom is -0.370 e. The zero-order valence-corrected chi connectivity index (χ0v) is 32.7. The molecule has 5 aromatic rings. The van der Waals surface area contributed by atoms with E-state index in [-0.39, 0.29) is 35.3 Å². The van der Waals surface area contributed by atoms with Crippen molar-refractivity contribution in [3.8, 4) is 0 Å². The summed E-state index contributed by atoms with van der Waals surface area (Å²) < 4.78 is 3.54. The topological polar surface area (TPSA) is 167 Å². The monoisotopic (exact) mass is 772 g/mol. The van der Waals surface area contributed by atoms with Crippen molar-refractivity contribution in [3.05, 3.63) is 64.2 Å². The molecule has 0 bridgehead atoms. The molecule has 16 heteroatoms. The molecule has 2 N–H and O–H groups in total. The summed E-state index contributed by atoms with van der Waals surface area (Å²) in [7, 11) is 1.89. The first-order chi connectivity index (χ1) is 27.6. The molecule has 296 valence electrons. The molecule has 0 spiro atoms. The number of amides is 3. The van der Waals surface area contributed by atoms with Crippen LogP contribution < -0.4 is 30.9 Å². The van der Waals surface area contributed by atoms with Crippen molar-refractivity contribution < 1.29 is 14.4 Å². The molecule has 4 fully saturated rings. The number of aryl methyl sites for hydroxylation is 2. The summed E-state index contributed by atoms with van der Waals surface area (Å²) >= 11 is 0. The predicted molar refractivity (Wildman–Crippen MR) is 219 cm³/mol. The lowest BCUT2D eigenvalue weighted by Gasteiger charge is -2.43. The Morgan fingerprint density at radius 1 is 0.825 bits per heavy atom. The molecule has 0 atom stereocenters. The first-order valence-electron chi connectivity index (χ1n) is 20.1. The Morgan fingerprint density at radius 3 is 2.26 bits per heavy atom. The number of hydrogen-bond acceptors (Lipinski definition) is 12. The fourth-order valence-electron chi connectivity index (χ4n) is 9.29. The number of imide groups is 1. The van der Waals surface area contributed by atoms with Gasteiger partial charge in [0.2, 0.25) is 11.9 Å². The van der Waals surface area contributed by atoms with Crippen LogP contribution in [0, 0.1) is 6.92 Å². The molecule has 4 aliphatic rings. The van der Waals surface area contributed by atoms with E-state index in [2.05, 4.69) is 53.6 Å². The van der Waals surface area contributed by atoms with E-state index in [0.29, 0.717) is 41.4 Å². The van der Waals surface area contributed by atoms with E-state index in [1.807, 2.05) is 30.1 Å². The molecule has 1 aliphatic carbocycles. The lowest BCUT2D eigenvalue weighted by Crippen LogP contribution is -2.53. The zero-order chi connectivity index (χ0) is 39.4. The molecule has 7 heterocycles. The average Bonchev–Trinajstić information content (AvgIpc) is 3.86. The summed E-state index contributed by atoms with van der Waals surface area (Å²) in [5.41, 5.74) is 4.31. The van der Waals surface area contributed by atoms with Gasteiger partial charge in [-0.15, -0.1) is 0 Å². The molecule has 57 heavy (non-hydrogen) atoms. The number of pyridine rings is 2. The maximum absolute atomic E-state index is 13.6. The summed E-state index contributed by atoms with van der Waals surface area (Å²) in [6.45, 7) is 9.33. The first-order valence-corrected chi connectivity index (χ1v) is 20.1. The fraction of sp³-hybridized carbons (Fsp3) is 0.463. The Labute approximate surface area is 329 Å². The SMILES string of the molecule is CC(=O)c1c(C)c2cnc(Nc3ccc(N4CCC(N5CCN(c6ccc7c(N8CCC(=O)NC8=O)nn(C)c7c6)CC5)CC4)cn3)nc2n(C2CCCC2)c1=O. The number of nitrogens with one attached hydrogen (secondary N) is 2. The van der Waals surface area contributed by atoms with Crippen LogP contribution in [0.2, 0.25) is 0 Å². The number of benzene rings is 1. The van der Waals surface area contributed by atoms with Crippen molar-refractivity contribution >= 4 is 68.6 Å². The van der Waals surface area contributed by atoms with Crippen LogP contribution in [0.5, 0.6) is 0 Å². The number of anilines is 5. The Hall–Kier alpha value is -5.90. The second-order valence-electron chi connectivity index (χ2n) is 15.8. The van der Waals surface area contributed by atoms with E-state index >= 15 is 0 Å². The minimum absolute atomic E-state index is 0.0185. The van der Waals surface area contributed by atoms with Crippen LogP contribution in [0.15, 0.2) is 47.5 Å². The fourth-order valence-corrected chi connectivity index (χ4v) is 9.29. The van der Waals surface area contributed by atoms with Gasteiger partial charge in [-0.3, -0.25) is 38.7 Å². The second-order valence-corrected chi connectivity index (χ2v) is 15.8. The Balaban J connectivity index is 0.806. The number of Topliss-reactive ketones (excluding diaryl/α,β-unsaturated/α-hetero) is 1. The number of urea groups is 1. The summed E-state index contributed by atoms with van der Waals surface area (Å²) in [5, 5.41) is 11.9. The smallest absolute Gasteiger partial charge is 0.329 e. The molecule has 0 radical (unpaired) electrons. The number of rotatable bonds is 8. The van der Waals surface area contributed by atoms with Gasteiger partial charge in [-0.05, 0) is 75.4 Å². The van der Waals surface area contributed by atoms with Crippen molar-refractivity contribution in [1.82, 2.24) is 39.5 Å². The Kier molecular flexibility index (Phi) is 9.59. The molecule has 9 rings (SSSR count). The van der Waals surface area contributed by atoms with Gasteiger partial charge in [0.1, 0.15) is 11.5 Å². The van der Waals surface area contributed by atoms with Crippen LogP contribution in [0.25, 0.3) is 21.9 Å². The molecule has 3 amide bonds. The molecule has 0 unspecified atom stereocenters. The molecular formula is C41H48N12O4. The lowest BCUT2D eigenvalue weighted by atomic mass is 10.0. The van der Waals surface area contributed by atoms with Gasteiger partial charge in [0.05, 0.1) is 23.0 Å². The van der Waals surface area contributed by atoms with E-state index < -0.39 is 6.03 Å². The Bertz CT molecular complexity index is 2440. The maximum atomic E-state index is 13.6. The Morgan fingerprint density at radius 2 is 1.56 bits per heavy atom. The van der Waals surface area contributed by atoms with Gasteiger partial charge in [-0.1, -0.05) is 12.8 Å². The average molecular weight is 773 g/mol. The van der Waals surface area contributed by atoms with Crippen LogP contribution >= 0.6 is 0 Å². The lowest BCUT2D eigenvalue weighted by molar-refractivity contribution is -0.120. The summed E-state index contributed by atoms with van der Waals surface area (Å²) in [6, 6.07) is 10.4. The molecule has 1 saturated carbocycles. The maximum Gasteiger partial charge on any atom is 0.329 e. The quantitative estimate of drug-likeness (QED) is 0.210. The third-order valence-corrected chi connectivity index (χ3v) is 12.4. The van der Waals surface area contributed by atoms with Gasteiger partial charge in [0.15, 0.2) is 11.6 Å². The third-order valence-electron chi connectivity index (χ3n) is 12.4. The van der Waals surface area contributed by atoms with Crippen molar-refractivity contribution in [2.24, 2.45) is 7.05 Å². The van der Waals surface area contributed by atoms with Gasteiger partial charge in [-0.25, -0.2) is 14.8 Å². The van der Waals surface area contributed by atoms with Crippen LogP contribution in [-0.4, -0.2) is 104 Å². The number of ketones is 1. The molecule has 4 aromatic heterocycles. The highest BCUT2D eigenvalue weighted by molar-refractivity contribution is 6.09. The number of carbonyl (C=O) groups excluding carboxylic acids is 3. The van der Waals surface area contributed by atoms with E-state index in [1.165, 1.54) is 6.92 Å². The summed E-state index contributed by atoms with van der Waals surface area (Å²) in [5.74, 6) is 1.06. The predicted octanol–water partition coefficient (Wildman–Crippen LogP) is 4.68. The number of piperidine rings is 1. The number of carbonyl (C=O) groups is 3. The number of hydrogen-bond donors (Lipinski definition) is 2.